The lowest BCUT2D eigenvalue weighted by atomic mass is 10.2. The zero-order chi connectivity index (χ0) is 12.4. The van der Waals surface area contributed by atoms with Crippen LogP contribution in [-0.2, 0) is 25.9 Å². The number of hydrogen-bond donors (Lipinski definition) is 1. The molecule has 2 aromatic heterocycles. The molecule has 2 aromatic rings. The van der Waals surface area contributed by atoms with Crippen LogP contribution in [-0.4, -0.2) is 16.1 Å². The molecule has 0 radical (unpaired) electrons. The molecule has 1 aliphatic rings. The molecule has 3 nitrogen and oxygen atoms in total. The molecule has 0 fully saturated rings. The lowest BCUT2D eigenvalue weighted by Crippen LogP contribution is -2.19. The second-order valence-electron chi connectivity index (χ2n) is 4.86. The number of nitrogens with zero attached hydrogens (tertiary/aromatic N) is 2. The third-order valence-electron chi connectivity index (χ3n) is 3.55. The van der Waals surface area contributed by atoms with Gasteiger partial charge in [-0.3, -0.25) is 0 Å². The van der Waals surface area contributed by atoms with Crippen LogP contribution in [0.2, 0.25) is 0 Å². The van der Waals surface area contributed by atoms with E-state index in [4.69, 9.17) is 0 Å². The summed E-state index contributed by atoms with van der Waals surface area (Å²) in [4.78, 5) is 7.33. The van der Waals surface area contributed by atoms with Gasteiger partial charge in [0, 0.05) is 41.8 Å². The molecule has 0 aliphatic heterocycles. The number of fused-ring (bicyclic) bond motifs is 1. The van der Waals surface area contributed by atoms with Crippen molar-refractivity contribution in [2.45, 2.75) is 39.3 Å². The summed E-state index contributed by atoms with van der Waals surface area (Å²) in [7, 11) is 0. The monoisotopic (exact) mass is 261 g/mol. The van der Waals surface area contributed by atoms with Gasteiger partial charge in [0.1, 0.15) is 5.82 Å². The summed E-state index contributed by atoms with van der Waals surface area (Å²) in [6.45, 7) is 5.05. The van der Waals surface area contributed by atoms with E-state index in [1.54, 1.807) is 10.4 Å². The van der Waals surface area contributed by atoms with E-state index in [0.717, 1.165) is 25.5 Å². The third kappa shape index (κ3) is 2.49. The minimum absolute atomic E-state index is 0.997. The van der Waals surface area contributed by atoms with Crippen LogP contribution < -0.4 is 5.32 Å². The van der Waals surface area contributed by atoms with Crippen LogP contribution in [0.5, 0.6) is 0 Å². The topological polar surface area (TPSA) is 29.9 Å². The van der Waals surface area contributed by atoms with Crippen molar-refractivity contribution in [3.63, 3.8) is 0 Å². The molecule has 0 atom stereocenters. The highest BCUT2D eigenvalue weighted by molar-refractivity contribution is 7.12. The van der Waals surface area contributed by atoms with Crippen LogP contribution in [0.3, 0.4) is 0 Å². The minimum Gasteiger partial charge on any atom is -0.334 e. The smallest absolute Gasteiger partial charge is 0.105 e. The molecular formula is C14H19N3S. The van der Waals surface area contributed by atoms with E-state index in [1.807, 2.05) is 30.7 Å². The number of aryl methyl sites for hydroxylation is 3. The number of hydrogen-bond acceptors (Lipinski definition) is 3. The van der Waals surface area contributed by atoms with Crippen LogP contribution >= 0.6 is 11.3 Å². The summed E-state index contributed by atoms with van der Waals surface area (Å²) in [5.41, 5.74) is 1.60. The molecule has 0 bridgehead atoms. The van der Waals surface area contributed by atoms with Crippen molar-refractivity contribution in [2.75, 3.05) is 6.54 Å². The fourth-order valence-electron chi connectivity index (χ4n) is 2.53. The Kier molecular flexibility index (Phi) is 3.48. The molecule has 4 heteroatoms. The van der Waals surface area contributed by atoms with Crippen molar-refractivity contribution < 1.29 is 0 Å². The normalized spacial score (nSPS) is 14.1. The molecule has 0 spiro atoms. The largest absolute Gasteiger partial charge is 0.334 e. The zero-order valence-corrected chi connectivity index (χ0v) is 11.6. The first-order valence-electron chi connectivity index (χ1n) is 6.62. The first-order valence-corrected chi connectivity index (χ1v) is 7.43. The van der Waals surface area contributed by atoms with Crippen molar-refractivity contribution in [3.8, 4) is 0 Å². The van der Waals surface area contributed by atoms with Crippen molar-refractivity contribution >= 4 is 11.3 Å². The van der Waals surface area contributed by atoms with Gasteiger partial charge in [-0.15, -0.1) is 11.3 Å². The Hall–Kier alpha value is -1.13. The van der Waals surface area contributed by atoms with E-state index >= 15 is 0 Å². The van der Waals surface area contributed by atoms with Crippen LogP contribution in [0.1, 0.15) is 27.6 Å². The first kappa shape index (κ1) is 11.9. The lowest BCUT2D eigenvalue weighted by molar-refractivity contribution is 0.590. The fraction of sp³-hybridized carbons (Fsp3) is 0.500. The summed E-state index contributed by atoms with van der Waals surface area (Å²) in [6.07, 6.45) is 7.85. The quantitative estimate of drug-likeness (QED) is 0.838. The van der Waals surface area contributed by atoms with Crippen molar-refractivity contribution in [1.29, 1.82) is 0 Å². The van der Waals surface area contributed by atoms with Gasteiger partial charge >= 0.3 is 0 Å². The number of nitrogens with one attached hydrogen (secondary N) is 1. The van der Waals surface area contributed by atoms with Gasteiger partial charge in [0.05, 0.1) is 0 Å². The molecule has 0 amide bonds. The molecule has 0 saturated carbocycles. The van der Waals surface area contributed by atoms with E-state index < -0.39 is 0 Å². The molecular weight excluding hydrogens is 242 g/mol. The second kappa shape index (κ2) is 5.24. The summed E-state index contributed by atoms with van der Waals surface area (Å²) >= 11 is 1.99. The molecule has 0 unspecified atom stereocenters. The first-order chi connectivity index (χ1) is 8.83. The fourth-order valence-corrected chi connectivity index (χ4v) is 3.76. The average molecular weight is 261 g/mol. The van der Waals surface area contributed by atoms with E-state index in [0.29, 0.717) is 0 Å². The van der Waals surface area contributed by atoms with Crippen LogP contribution in [0, 0.1) is 6.92 Å². The molecule has 18 heavy (non-hydrogen) atoms. The molecule has 0 saturated heterocycles. The maximum absolute atomic E-state index is 4.22. The second-order valence-corrected chi connectivity index (χ2v) is 6.08. The number of imidazole rings is 1. The number of aromatic nitrogens is 2. The van der Waals surface area contributed by atoms with Crippen molar-refractivity contribution in [3.05, 3.63) is 39.6 Å². The van der Waals surface area contributed by atoms with Gasteiger partial charge in [-0.25, -0.2) is 4.98 Å². The Morgan fingerprint density at radius 3 is 3.17 bits per heavy atom. The Balaban J connectivity index is 1.46. The van der Waals surface area contributed by atoms with E-state index in [-0.39, 0.29) is 0 Å². The van der Waals surface area contributed by atoms with Crippen LogP contribution in [0.25, 0.3) is 0 Å². The summed E-state index contributed by atoms with van der Waals surface area (Å²) in [5.74, 6) is 1.09. The Bertz CT molecular complexity index is 505. The molecule has 96 valence electrons. The van der Waals surface area contributed by atoms with Crippen molar-refractivity contribution in [1.82, 2.24) is 14.9 Å². The highest BCUT2D eigenvalue weighted by atomic mass is 32.1. The Labute approximate surface area is 112 Å². The Morgan fingerprint density at radius 1 is 1.44 bits per heavy atom. The highest BCUT2D eigenvalue weighted by Gasteiger charge is 2.14. The van der Waals surface area contributed by atoms with E-state index in [1.165, 1.54) is 24.1 Å². The average Bonchev–Trinajstić information content (AvgIpc) is 3.00. The lowest BCUT2D eigenvalue weighted by Gasteiger charge is -2.06. The number of rotatable bonds is 5. The Morgan fingerprint density at radius 2 is 2.39 bits per heavy atom. The van der Waals surface area contributed by atoms with Crippen LogP contribution in [0.4, 0.5) is 0 Å². The summed E-state index contributed by atoms with van der Waals surface area (Å²) < 4.78 is 2.18. The maximum Gasteiger partial charge on any atom is 0.105 e. The van der Waals surface area contributed by atoms with E-state index in [9.17, 15) is 0 Å². The molecule has 1 aliphatic carbocycles. The predicted molar refractivity (Wildman–Crippen MR) is 75.0 cm³/mol. The van der Waals surface area contributed by atoms with Gasteiger partial charge in [-0.2, -0.15) is 0 Å². The predicted octanol–water partition coefficient (Wildman–Crippen LogP) is 2.53. The van der Waals surface area contributed by atoms with Gasteiger partial charge in [0.15, 0.2) is 0 Å². The molecule has 1 N–H and O–H groups in total. The SMILES string of the molecule is Cc1nccn1CCNCc1cc2c(s1)CCC2. The van der Waals surface area contributed by atoms with Gasteiger partial charge in [-0.1, -0.05) is 0 Å². The highest BCUT2D eigenvalue weighted by Crippen LogP contribution is 2.30. The minimum atomic E-state index is 0.997. The standard InChI is InChI=1S/C14H19N3S/c1-11-16-6-8-17(11)7-5-15-10-13-9-12-3-2-4-14(12)18-13/h6,8-9,15H,2-5,7,10H2,1H3. The van der Waals surface area contributed by atoms with Gasteiger partial charge in [-0.05, 0) is 37.8 Å². The van der Waals surface area contributed by atoms with Gasteiger partial charge in [0.2, 0.25) is 0 Å². The van der Waals surface area contributed by atoms with Gasteiger partial charge < -0.3 is 9.88 Å². The third-order valence-corrected chi connectivity index (χ3v) is 4.79. The van der Waals surface area contributed by atoms with E-state index in [2.05, 4.69) is 20.9 Å². The summed E-state index contributed by atoms with van der Waals surface area (Å²) in [6, 6.07) is 2.39. The van der Waals surface area contributed by atoms with Crippen molar-refractivity contribution in [2.24, 2.45) is 0 Å². The van der Waals surface area contributed by atoms with Gasteiger partial charge in [0.25, 0.3) is 0 Å². The maximum atomic E-state index is 4.22. The zero-order valence-electron chi connectivity index (χ0n) is 10.8. The molecule has 0 aromatic carbocycles. The van der Waals surface area contributed by atoms with Crippen LogP contribution in [0.15, 0.2) is 18.5 Å². The number of thiophene rings is 1. The summed E-state index contributed by atoms with van der Waals surface area (Å²) in [5, 5.41) is 3.52. The molecule has 2 heterocycles. The molecule has 3 rings (SSSR count).